The second-order valence-corrected chi connectivity index (χ2v) is 8.33. The molecule has 0 saturated heterocycles. The molecule has 0 fully saturated rings. The molecular weight excluding hydrogens is 424 g/mol. The van der Waals surface area contributed by atoms with Gasteiger partial charge in [-0.2, -0.15) is 0 Å². The highest BCUT2D eigenvalue weighted by molar-refractivity contribution is 6.30. The first kappa shape index (κ1) is 26.7. The Hall–Kier alpha value is -2.60. The highest BCUT2D eigenvalue weighted by Crippen LogP contribution is 2.13. The lowest BCUT2D eigenvalue weighted by Crippen LogP contribution is -2.27. The summed E-state index contributed by atoms with van der Waals surface area (Å²) in [4.78, 5) is 7.06. The van der Waals surface area contributed by atoms with Gasteiger partial charge in [0.25, 0.3) is 0 Å². The van der Waals surface area contributed by atoms with E-state index in [0.717, 1.165) is 41.2 Å². The van der Waals surface area contributed by atoms with Crippen molar-refractivity contribution in [2.24, 2.45) is 0 Å². The van der Waals surface area contributed by atoms with Crippen LogP contribution in [-0.2, 0) is 12.8 Å². The van der Waals surface area contributed by atoms with Crippen LogP contribution in [-0.4, -0.2) is 29.5 Å². The molecule has 0 spiro atoms. The van der Waals surface area contributed by atoms with Gasteiger partial charge in [0.1, 0.15) is 5.69 Å². The zero-order valence-electron chi connectivity index (χ0n) is 20.6. The van der Waals surface area contributed by atoms with Gasteiger partial charge in [-0.15, -0.1) is 0 Å². The summed E-state index contributed by atoms with van der Waals surface area (Å²) >= 11 is 5.95. The number of aromatic nitrogens is 1. The van der Waals surface area contributed by atoms with Crippen molar-refractivity contribution in [1.29, 1.82) is 0 Å². The number of nitrogens with zero attached hydrogens (tertiary/aromatic N) is 2. The van der Waals surface area contributed by atoms with Crippen LogP contribution in [0, 0.1) is 11.8 Å². The molecule has 0 aliphatic rings. The minimum Gasteiger partial charge on any atom is -0.303 e. The number of pyridine rings is 1. The first-order valence-electron chi connectivity index (χ1n) is 12.2. The van der Waals surface area contributed by atoms with E-state index in [9.17, 15) is 0 Å². The maximum absolute atomic E-state index is 5.95. The summed E-state index contributed by atoms with van der Waals surface area (Å²) in [5.41, 5.74) is 5.57. The Morgan fingerprint density at radius 1 is 0.727 bits per heavy atom. The van der Waals surface area contributed by atoms with Crippen molar-refractivity contribution in [2.75, 3.05) is 19.6 Å². The van der Waals surface area contributed by atoms with Crippen LogP contribution in [0.4, 0.5) is 0 Å². The van der Waals surface area contributed by atoms with Crippen molar-refractivity contribution in [1.82, 2.24) is 9.88 Å². The lowest BCUT2D eigenvalue weighted by atomic mass is 10.1. The van der Waals surface area contributed by atoms with Gasteiger partial charge in [-0.05, 0) is 91.7 Å². The second-order valence-electron chi connectivity index (χ2n) is 7.89. The van der Waals surface area contributed by atoms with E-state index >= 15 is 0 Å². The fraction of sp³-hybridized carbons (Fsp3) is 0.367. The van der Waals surface area contributed by atoms with Crippen LogP contribution in [0.3, 0.4) is 0 Å². The van der Waals surface area contributed by atoms with E-state index in [2.05, 4.69) is 65.9 Å². The Morgan fingerprint density at radius 2 is 1.33 bits per heavy atom. The molecule has 0 saturated carbocycles. The minimum absolute atomic E-state index is 0.760. The first-order chi connectivity index (χ1) is 16.2. The molecule has 0 aliphatic heterocycles. The predicted octanol–water partition coefficient (Wildman–Crippen LogP) is 7.42. The topological polar surface area (TPSA) is 16.1 Å². The maximum atomic E-state index is 5.95. The second kappa shape index (κ2) is 15.3. The summed E-state index contributed by atoms with van der Waals surface area (Å²) in [5, 5.41) is 0.760. The molecule has 0 unspecified atom stereocenters. The summed E-state index contributed by atoms with van der Waals surface area (Å²) < 4.78 is 0. The maximum Gasteiger partial charge on any atom is 0.113 e. The molecule has 1 heterocycles. The van der Waals surface area contributed by atoms with Gasteiger partial charge in [0.2, 0.25) is 0 Å². The molecule has 3 aromatic rings. The van der Waals surface area contributed by atoms with E-state index in [1.54, 1.807) is 0 Å². The lowest BCUT2D eigenvalue weighted by molar-refractivity contribution is 0.278. The Morgan fingerprint density at radius 3 is 1.91 bits per heavy atom. The normalized spacial score (nSPS) is 10.2. The van der Waals surface area contributed by atoms with Crippen molar-refractivity contribution in [2.45, 2.75) is 53.4 Å². The summed E-state index contributed by atoms with van der Waals surface area (Å²) in [5.74, 6) is 6.41. The van der Waals surface area contributed by atoms with Crippen LogP contribution in [0.2, 0.25) is 5.02 Å². The van der Waals surface area contributed by atoms with Gasteiger partial charge in [-0.1, -0.05) is 75.5 Å². The number of rotatable bonds is 9. The molecule has 0 bridgehead atoms. The molecule has 174 valence electrons. The molecule has 0 amide bonds. The van der Waals surface area contributed by atoms with Crippen LogP contribution < -0.4 is 0 Å². The smallest absolute Gasteiger partial charge is 0.113 e. The number of hydrogen-bond donors (Lipinski definition) is 0. The van der Waals surface area contributed by atoms with Gasteiger partial charge in [-0.3, -0.25) is 0 Å². The number of benzene rings is 2. The quantitative estimate of drug-likeness (QED) is 0.309. The Bertz CT molecular complexity index is 975. The fourth-order valence-electron chi connectivity index (χ4n) is 3.59. The van der Waals surface area contributed by atoms with Crippen molar-refractivity contribution < 1.29 is 0 Å². The average molecular weight is 461 g/mol. The molecule has 33 heavy (non-hydrogen) atoms. The van der Waals surface area contributed by atoms with Gasteiger partial charge in [-0.25, -0.2) is 4.98 Å². The highest BCUT2D eigenvalue weighted by atomic mass is 35.5. The van der Waals surface area contributed by atoms with Crippen molar-refractivity contribution in [3.63, 3.8) is 0 Å². The van der Waals surface area contributed by atoms with E-state index in [1.165, 1.54) is 37.1 Å². The van der Waals surface area contributed by atoms with Gasteiger partial charge in [0.15, 0.2) is 0 Å². The summed E-state index contributed by atoms with van der Waals surface area (Å²) in [7, 11) is 0. The average Bonchev–Trinajstić information content (AvgIpc) is 2.86. The molecule has 2 aromatic carbocycles. The van der Waals surface area contributed by atoms with E-state index in [4.69, 9.17) is 11.6 Å². The molecule has 3 heteroatoms. The van der Waals surface area contributed by atoms with Crippen molar-refractivity contribution >= 4 is 11.6 Å². The van der Waals surface area contributed by atoms with E-state index < -0.39 is 0 Å². The van der Waals surface area contributed by atoms with E-state index in [1.807, 2.05) is 50.4 Å². The number of hydrogen-bond acceptors (Lipinski definition) is 2. The summed E-state index contributed by atoms with van der Waals surface area (Å²) in [6, 6.07) is 20.6. The van der Waals surface area contributed by atoms with Crippen LogP contribution in [0.1, 0.15) is 68.5 Å². The summed E-state index contributed by atoms with van der Waals surface area (Å²) in [6.07, 6.45) is 6.26. The zero-order chi connectivity index (χ0) is 23.9. The van der Waals surface area contributed by atoms with E-state index in [0.29, 0.717) is 0 Å². The van der Waals surface area contributed by atoms with Gasteiger partial charge in [0, 0.05) is 23.3 Å². The third-order valence-electron chi connectivity index (χ3n) is 5.23. The molecule has 0 N–H and O–H groups in total. The molecule has 0 radical (unpaired) electrons. The highest BCUT2D eigenvalue weighted by Gasteiger charge is 2.03. The SMILES string of the molecule is CC.CCCN(CCC)CCc1ccc(C#Cc2ccc(Cc3ccc(Cl)cc3)cn2)cc1. The number of halogens is 1. The minimum atomic E-state index is 0.760. The van der Waals surface area contributed by atoms with Gasteiger partial charge < -0.3 is 4.90 Å². The molecule has 2 nitrogen and oxygen atoms in total. The molecule has 1 aromatic heterocycles. The monoisotopic (exact) mass is 460 g/mol. The van der Waals surface area contributed by atoms with Crippen molar-refractivity contribution in [3.05, 3.63) is 99.8 Å². The fourth-order valence-corrected chi connectivity index (χ4v) is 3.71. The van der Waals surface area contributed by atoms with Gasteiger partial charge in [0.05, 0.1) is 0 Å². The zero-order valence-corrected chi connectivity index (χ0v) is 21.3. The Kier molecular flexibility index (Phi) is 12.3. The standard InChI is InChI=1S/C28H31ClN2.C2H6/c1-3-18-31(19-4-2)20-17-24-7-5-23(6-8-24)11-15-28-16-12-26(22-30-28)21-25-9-13-27(29)14-10-25;1-2/h5-10,12-14,16,22H,3-4,17-21H2,1-2H3;1-2H3. The van der Waals surface area contributed by atoms with E-state index in [-0.39, 0.29) is 0 Å². The third-order valence-corrected chi connectivity index (χ3v) is 5.48. The molecular formula is C30H37ClN2. The van der Waals surface area contributed by atoms with Crippen molar-refractivity contribution in [3.8, 4) is 11.8 Å². The van der Waals surface area contributed by atoms with Gasteiger partial charge >= 0.3 is 0 Å². The largest absolute Gasteiger partial charge is 0.303 e. The van der Waals surface area contributed by atoms with Crippen LogP contribution in [0.25, 0.3) is 0 Å². The van der Waals surface area contributed by atoms with Crippen LogP contribution >= 0.6 is 11.6 Å². The first-order valence-corrected chi connectivity index (χ1v) is 12.6. The Labute approximate surface area is 206 Å². The summed E-state index contributed by atoms with van der Waals surface area (Å²) in [6.45, 7) is 12.0. The third kappa shape index (κ3) is 9.82. The van der Waals surface area contributed by atoms with Crippen LogP contribution in [0.5, 0.6) is 0 Å². The predicted molar refractivity (Wildman–Crippen MR) is 143 cm³/mol. The van der Waals surface area contributed by atoms with Crippen LogP contribution in [0.15, 0.2) is 66.9 Å². The molecule has 0 atom stereocenters. The lowest BCUT2D eigenvalue weighted by Gasteiger charge is -2.20. The molecule has 0 aliphatic carbocycles. The Balaban J connectivity index is 0.00000187. The molecule has 3 rings (SSSR count).